The Bertz CT molecular complexity index is 422. The molecule has 3 aliphatic rings. The predicted octanol–water partition coefficient (Wildman–Crippen LogP) is 0.636. The Hall–Kier alpha value is -0.900. The van der Waals surface area contributed by atoms with Crippen molar-refractivity contribution in [2.24, 2.45) is 5.92 Å². The zero-order valence-electron chi connectivity index (χ0n) is 13.9. The maximum absolute atomic E-state index is 10.6. The summed E-state index contributed by atoms with van der Waals surface area (Å²) in [5, 5.41) is 10.5. The summed E-state index contributed by atoms with van der Waals surface area (Å²) in [7, 11) is 2.24. The van der Waals surface area contributed by atoms with Crippen LogP contribution in [0.25, 0.3) is 0 Å². The van der Waals surface area contributed by atoms with E-state index in [1.807, 2.05) is 0 Å². The van der Waals surface area contributed by atoms with Gasteiger partial charge >= 0.3 is 12.1 Å². The van der Waals surface area contributed by atoms with Crippen molar-refractivity contribution < 1.29 is 27.8 Å². The number of alkyl halides is 3. The molecule has 3 aliphatic heterocycles. The maximum atomic E-state index is 10.6. The van der Waals surface area contributed by atoms with Gasteiger partial charge in [-0.2, -0.15) is 13.2 Å². The first-order valence-corrected chi connectivity index (χ1v) is 8.26. The van der Waals surface area contributed by atoms with Gasteiger partial charge in [-0.25, -0.2) is 4.79 Å². The van der Waals surface area contributed by atoms with Gasteiger partial charge in [-0.05, 0) is 38.9 Å². The Kier molecular flexibility index (Phi) is 6.46. The highest BCUT2D eigenvalue weighted by Crippen LogP contribution is 2.25. The molecule has 0 bridgehead atoms. The number of carboxylic acid groups (broad SMARTS) is 1. The Morgan fingerprint density at radius 3 is 2.33 bits per heavy atom. The quantitative estimate of drug-likeness (QED) is 0.760. The number of aliphatic carboxylic acids is 1. The van der Waals surface area contributed by atoms with Crippen molar-refractivity contribution in [1.29, 1.82) is 0 Å². The normalized spacial score (nSPS) is 25.7. The number of likely N-dealkylation sites (tertiary alicyclic amines) is 1. The van der Waals surface area contributed by atoms with E-state index >= 15 is 0 Å². The van der Waals surface area contributed by atoms with E-state index in [9.17, 15) is 13.2 Å². The van der Waals surface area contributed by atoms with Gasteiger partial charge in [-0.3, -0.25) is 4.90 Å². The smallest absolute Gasteiger partial charge is 0.475 e. The maximum Gasteiger partial charge on any atom is 0.490 e. The van der Waals surface area contributed by atoms with Gasteiger partial charge in [-0.15, -0.1) is 0 Å². The van der Waals surface area contributed by atoms with Gasteiger partial charge in [0.05, 0.1) is 6.61 Å². The topological polar surface area (TPSA) is 65.0 Å². The molecule has 3 heterocycles. The van der Waals surface area contributed by atoms with Crippen LogP contribution in [0.1, 0.15) is 12.8 Å². The molecule has 6 nitrogen and oxygen atoms in total. The second-order valence-corrected chi connectivity index (χ2v) is 6.92. The van der Waals surface area contributed by atoms with E-state index in [2.05, 4.69) is 22.2 Å². The van der Waals surface area contributed by atoms with Crippen LogP contribution in [-0.2, 0) is 9.53 Å². The molecular formula is C15H26F3N3O3. The fourth-order valence-electron chi connectivity index (χ4n) is 3.31. The van der Waals surface area contributed by atoms with Gasteiger partial charge in [0.15, 0.2) is 0 Å². The number of nitrogens with one attached hydrogen (secondary N) is 1. The molecule has 0 unspecified atom stereocenters. The number of morpholine rings is 1. The number of rotatable bonds is 2. The molecule has 24 heavy (non-hydrogen) atoms. The number of carbonyl (C=O) groups is 1. The third-order valence-corrected chi connectivity index (χ3v) is 4.82. The van der Waals surface area contributed by atoms with Crippen LogP contribution in [0.4, 0.5) is 13.2 Å². The molecule has 0 amide bonds. The number of hydrogen-bond acceptors (Lipinski definition) is 5. The van der Waals surface area contributed by atoms with Crippen LogP contribution in [0.3, 0.4) is 0 Å². The van der Waals surface area contributed by atoms with E-state index in [1.165, 1.54) is 32.5 Å². The molecule has 0 atom stereocenters. The zero-order valence-corrected chi connectivity index (χ0v) is 13.9. The monoisotopic (exact) mass is 353 g/mol. The van der Waals surface area contributed by atoms with E-state index in [0.717, 1.165) is 38.7 Å². The minimum atomic E-state index is -5.08. The zero-order chi connectivity index (χ0) is 17.8. The minimum Gasteiger partial charge on any atom is -0.475 e. The van der Waals surface area contributed by atoms with Crippen molar-refractivity contribution >= 4 is 5.97 Å². The molecule has 3 fully saturated rings. The Morgan fingerprint density at radius 1 is 1.29 bits per heavy atom. The van der Waals surface area contributed by atoms with Crippen molar-refractivity contribution in [1.82, 2.24) is 15.1 Å². The molecule has 0 aromatic rings. The van der Waals surface area contributed by atoms with Crippen molar-refractivity contribution in [3.05, 3.63) is 0 Å². The molecule has 140 valence electrons. The number of halogens is 3. The molecule has 0 aromatic carbocycles. The number of piperidine rings is 1. The fraction of sp³-hybridized carbons (Fsp3) is 0.933. The van der Waals surface area contributed by atoms with Crippen LogP contribution in [0.5, 0.6) is 0 Å². The van der Waals surface area contributed by atoms with E-state index in [0.29, 0.717) is 0 Å². The van der Waals surface area contributed by atoms with E-state index in [1.54, 1.807) is 0 Å². The second-order valence-electron chi connectivity index (χ2n) is 6.92. The largest absolute Gasteiger partial charge is 0.490 e. The van der Waals surface area contributed by atoms with E-state index < -0.39 is 12.1 Å². The van der Waals surface area contributed by atoms with Crippen LogP contribution in [-0.4, -0.2) is 92.1 Å². The lowest BCUT2D eigenvalue weighted by atomic mass is 9.92. The fourth-order valence-corrected chi connectivity index (χ4v) is 3.31. The summed E-state index contributed by atoms with van der Waals surface area (Å²) in [6, 6.07) is 0. The molecule has 2 N–H and O–H groups in total. The summed E-state index contributed by atoms with van der Waals surface area (Å²) in [4.78, 5) is 14.0. The predicted molar refractivity (Wildman–Crippen MR) is 81.9 cm³/mol. The minimum absolute atomic E-state index is 0.170. The number of hydrogen-bond donors (Lipinski definition) is 2. The van der Waals surface area contributed by atoms with E-state index in [-0.39, 0.29) is 5.60 Å². The summed E-state index contributed by atoms with van der Waals surface area (Å²) >= 11 is 0. The third-order valence-electron chi connectivity index (χ3n) is 4.82. The van der Waals surface area contributed by atoms with Crippen LogP contribution < -0.4 is 5.32 Å². The molecule has 3 saturated heterocycles. The molecular weight excluding hydrogens is 327 g/mol. The Balaban J connectivity index is 0.000000256. The molecule has 0 saturated carbocycles. The average molecular weight is 353 g/mol. The van der Waals surface area contributed by atoms with Gasteiger partial charge < -0.3 is 20.1 Å². The standard InChI is InChI=1S/C13H25N3O.C2HF3O2/c1-15-4-2-12(3-5-15)8-16-6-7-17-13(11-16)9-14-10-13;3-2(4,5)1(6)7/h12,14H,2-11H2,1H3;(H,6,7). The summed E-state index contributed by atoms with van der Waals surface area (Å²) in [6.07, 6.45) is -2.34. The highest BCUT2D eigenvalue weighted by Gasteiger charge is 2.42. The SMILES string of the molecule is CN1CCC(CN2CCOC3(CNC3)C2)CC1.O=C(O)C(F)(F)F. The van der Waals surface area contributed by atoms with E-state index in [4.69, 9.17) is 14.6 Å². The molecule has 3 rings (SSSR count). The second kappa shape index (κ2) is 7.99. The number of carboxylic acids is 1. The van der Waals surface area contributed by atoms with Crippen LogP contribution in [0.15, 0.2) is 0 Å². The molecule has 9 heteroatoms. The average Bonchev–Trinajstić information content (AvgIpc) is 2.48. The van der Waals surface area contributed by atoms with Crippen molar-refractivity contribution in [2.75, 3.05) is 59.5 Å². The molecule has 0 aromatic heterocycles. The molecule has 1 spiro atoms. The van der Waals surface area contributed by atoms with Crippen molar-refractivity contribution in [2.45, 2.75) is 24.6 Å². The summed E-state index contributed by atoms with van der Waals surface area (Å²) in [6.45, 7) is 9.16. The molecule has 0 aliphatic carbocycles. The Labute approximate surface area is 139 Å². The van der Waals surface area contributed by atoms with Gasteiger partial charge in [0.25, 0.3) is 0 Å². The van der Waals surface area contributed by atoms with Gasteiger partial charge in [0.2, 0.25) is 0 Å². The van der Waals surface area contributed by atoms with Crippen molar-refractivity contribution in [3.63, 3.8) is 0 Å². The Morgan fingerprint density at radius 2 is 1.88 bits per heavy atom. The summed E-state index contributed by atoms with van der Waals surface area (Å²) < 4.78 is 37.7. The first kappa shape index (κ1) is 19.4. The number of ether oxygens (including phenoxy) is 1. The first-order valence-electron chi connectivity index (χ1n) is 8.26. The highest BCUT2D eigenvalue weighted by atomic mass is 19.4. The van der Waals surface area contributed by atoms with Crippen LogP contribution >= 0.6 is 0 Å². The van der Waals surface area contributed by atoms with Gasteiger partial charge in [0, 0.05) is 32.7 Å². The lowest BCUT2D eigenvalue weighted by Gasteiger charge is -2.49. The first-order chi connectivity index (χ1) is 11.2. The summed E-state index contributed by atoms with van der Waals surface area (Å²) in [5.74, 6) is -1.85. The van der Waals surface area contributed by atoms with Crippen LogP contribution in [0.2, 0.25) is 0 Å². The van der Waals surface area contributed by atoms with Crippen molar-refractivity contribution in [3.8, 4) is 0 Å². The highest BCUT2D eigenvalue weighted by molar-refractivity contribution is 5.73. The van der Waals surface area contributed by atoms with Gasteiger partial charge in [0.1, 0.15) is 5.60 Å². The third kappa shape index (κ3) is 5.58. The summed E-state index contributed by atoms with van der Waals surface area (Å²) in [5.41, 5.74) is 0.170. The molecule has 0 radical (unpaired) electrons. The lowest BCUT2D eigenvalue weighted by molar-refractivity contribution is -0.192. The van der Waals surface area contributed by atoms with Crippen LogP contribution in [0, 0.1) is 5.92 Å². The lowest BCUT2D eigenvalue weighted by Crippen LogP contribution is -2.69. The van der Waals surface area contributed by atoms with Gasteiger partial charge in [-0.1, -0.05) is 0 Å². The number of nitrogens with zero attached hydrogens (tertiary/aromatic N) is 2.